The molecular formula is C17H23NO4. The highest BCUT2D eigenvalue weighted by Crippen LogP contribution is 2.18. The van der Waals surface area contributed by atoms with Crippen LogP contribution in [0.15, 0.2) is 24.3 Å². The van der Waals surface area contributed by atoms with E-state index in [1.165, 1.54) is 5.56 Å². The highest BCUT2D eigenvalue weighted by atomic mass is 16.6. The first-order chi connectivity index (χ1) is 10.8. The van der Waals surface area contributed by atoms with Crippen LogP contribution in [0.25, 0.3) is 0 Å². The molecule has 1 aromatic carbocycles. The molecule has 0 N–H and O–H groups in total. The summed E-state index contributed by atoms with van der Waals surface area (Å²) in [6, 6.07) is 8.41. The molecule has 3 heterocycles. The number of nitrogens with zero attached hydrogens (tertiary/aromatic N) is 1. The standard InChI is InChI=1S/C17H23NO4/c1-3-14(19-11-17-12-22-17)4-2-13(1)5-6-18(7-15-9-20-15)8-16-10-21-16/h1-4,15-17H,5-12H2. The lowest BCUT2D eigenvalue weighted by Crippen LogP contribution is -2.33. The Morgan fingerprint density at radius 2 is 1.50 bits per heavy atom. The monoisotopic (exact) mass is 305 g/mol. The topological polar surface area (TPSA) is 50.1 Å². The zero-order valence-electron chi connectivity index (χ0n) is 12.8. The van der Waals surface area contributed by atoms with E-state index in [9.17, 15) is 0 Å². The molecule has 5 heteroatoms. The number of hydrogen-bond donors (Lipinski definition) is 0. The third-order valence-corrected chi connectivity index (χ3v) is 4.21. The normalized spacial score (nSPS) is 28.7. The lowest BCUT2D eigenvalue weighted by molar-refractivity contribution is 0.221. The van der Waals surface area contributed by atoms with E-state index in [2.05, 4.69) is 29.2 Å². The lowest BCUT2D eigenvalue weighted by Gasteiger charge is -2.20. The average molecular weight is 305 g/mol. The molecule has 5 nitrogen and oxygen atoms in total. The Morgan fingerprint density at radius 3 is 2.05 bits per heavy atom. The minimum Gasteiger partial charge on any atom is -0.491 e. The van der Waals surface area contributed by atoms with Crippen LogP contribution in [0.3, 0.4) is 0 Å². The molecule has 3 aliphatic heterocycles. The van der Waals surface area contributed by atoms with Crippen LogP contribution in [-0.2, 0) is 20.6 Å². The fourth-order valence-electron chi connectivity index (χ4n) is 2.57. The van der Waals surface area contributed by atoms with E-state index in [4.69, 9.17) is 18.9 Å². The van der Waals surface area contributed by atoms with Gasteiger partial charge in [-0.3, -0.25) is 4.90 Å². The Labute approximate surface area is 131 Å². The SMILES string of the molecule is c1cc(OCC2CO2)ccc1CCN(CC1CO1)CC1CO1. The highest BCUT2D eigenvalue weighted by Gasteiger charge is 2.30. The zero-order chi connectivity index (χ0) is 14.8. The average Bonchev–Trinajstić information content (AvgIpc) is 3.36. The second kappa shape index (κ2) is 6.54. The summed E-state index contributed by atoms with van der Waals surface area (Å²) in [5, 5.41) is 0. The maximum Gasteiger partial charge on any atom is 0.119 e. The maximum atomic E-state index is 5.66. The number of ether oxygens (including phenoxy) is 4. The van der Waals surface area contributed by atoms with Crippen LogP contribution >= 0.6 is 0 Å². The molecule has 120 valence electrons. The summed E-state index contributed by atoms with van der Waals surface area (Å²) in [6.45, 7) is 6.44. The van der Waals surface area contributed by atoms with Crippen LogP contribution in [-0.4, -0.2) is 69.3 Å². The third kappa shape index (κ3) is 4.68. The van der Waals surface area contributed by atoms with Gasteiger partial charge in [0.1, 0.15) is 18.5 Å². The number of epoxide rings is 3. The zero-order valence-corrected chi connectivity index (χ0v) is 12.8. The van der Waals surface area contributed by atoms with Crippen molar-refractivity contribution in [3.05, 3.63) is 29.8 Å². The van der Waals surface area contributed by atoms with Gasteiger partial charge in [0, 0.05) is 19.6 Å². The molecule has 3 atom stereocenters. The number of benzene rings is 1. The molecule has 22 heavy (non-hydrogen) atoms. The number of rotatable bonds is 10. The molecule has 3 unspecified atom stereocenters. The van der Waals surface area contributed by atoms with Gasteiger partial charge in [-0.2, -0.15) is 0 Å². The Balaban J connectivity index is 1.23. The van der Waals surface area contributed by atoms with Crippen molar-refractivity contribution in [1.82, 2.24) is 4.90 Å². The Bertz CT molecular complexity index is 466. The van der Waals surface area contributed by atoms with E-state index in [0.717, 1.165) is 51.6 Å². The first-order valence-corrected chi connectivity index (χ1v) is 8.14. The van der Waals surface area contributed by atoms with Gasteiger partial charge in [-0.1, -0.05) is 12.1 Å². The van der Waals surface area contributed by atoms with Gasteiger partial charge in [0.15, 0.2) is 0 Å². The molecule has 3 fully saturated rings. The van der Waals surface area contributed by atoms with Crippen molar-refractivity contribution in [2.75, 3.05) is 46.1 Å². The summed E-state index contributed by atoms with van der Waals surface area (Å²) >= 11 is 0. The predicted molar refractivity (Wildman–Crippen MR) is 81.3 cm³/mol. The van der Waals surface area contributed by atoms with Gasteiger partial charge in [0.2, 0.25) is 0 Å². The second-order valence-corrected chi connectivity index (χ2v) is 6.33. The molecule has 1 aromatic rings. The van der Waals surface area contributed by atoms with E-state index in [0.29, 0.717) is 24.9 Å². The molecule has 4 rings (SSSR count). The van der Waals surface area contributed by atoms with E-state index in [1.807, 2.05) is 0 Å². The summed E-state index contributed by atoms with van der Waals surface area (Å²) in [7, 11) is 0. The second-order valence-electron chi connectivity index (χ2n) is 6.33. The lowest BCUT2D eigenvalue weighted by atomic mass is 10.1. The molecular weight excluding hydrogens is 282 g/mol. The maximum absolute atomic E-state index is 5.66. The van der Waals surface area contributed by atoms with Crippen molar-refractivity contribution < 1.29 is 18.9 Å². The molecule has 0 spiro atoms. The molecule has 0 aliphatic carbocycles. The Morgan fingerprint density at radius 1 is 0.909 bits per heavy atom. The fraction of sp³-hybridized carbons (Fsp3) is 0.647. The molecule has 3 saturated heterocycles. The van der Waals surface area contributed by atoms with Crippen LogP contribution in [0.2, 0.25) is 0 Å². The summed E-state index contributed by atoms with van der Waals surface area (Å²) in [6.07, 6.45) is 2.24. The highest BCUT2D eigenvalue weighted by molar-refractivity contribution is 5.27. The van der Waals surface area contributed by atoms with E-state index < -0.39 is 0 Å². The molecule has 0 amide bonds. The van der Waals surface area contributed by atoms with Crippen molar-refractivity contribution >= 4 is 0 Å². The molecule has 0 aromatic heterocycles. The smallest absolute Gasteiger partial charge is 0.119 e. The van der Waals surface area contributed by atoms with Gasteiger partial charge < -0.3 is 18.9 Å². The van der Waals surface area contributed by atoms with Gasteiger partial charge >= 0.3 is 0 Å². The van der Waals surface area contributed by atoms with Crippen molar-refractivity contribution in [3.8, 4) is 5.75 Å². The number of hydrogen-bond acceptors (Lipinski definition) is 5. The Kier molecular flexibility index (Phi) is 4.30. The third-order valence-electron chi connectivity index (χ3n) is 4.21. The van der Waals surface area contributed by atoms with Gasteiger partial charge in [0.25, 0.3) is 0 Å². The van der Waals surface area contributed by atoms with Gasteiger partial charge in [-0.05, 0) is 24.1 Å². The van der Waals surface area contributed by atoms with Gasteiger partial charge in [0.05, 0.1) is 32.0 Å². The summed E-state index contributed by atoms with van der Waals surface area (Å²) in [5.74, 6) is 0.925. The molecule has 0 radical (unpaired) electrons. The van der Waals surface area contributed by atoms with Crippen molar-refractivity contribution in [2.45, 2.75) is 24.7 Å². The summed E-state index contributed by atoms with van der Waals surface area (Å²) in [4.78, 5) is 2.46. The van der Waals surface area contributed by atoms with Crippen LogP contribution in [0.5, 0.6) is 5.75 Å². The van der Waals surface area contributed by atoms with Crippen molar-refractivity contribution in [3.63, 3.8) is 0 Å². The Hall–Kier alpha value is -1.14. The van der Waals surface area contributed by atoms with Crippen LogP contribution < -0.4 is 4.74 Å². The largest absolute Gasteiger partial charge is 0.491 e. The molecule has 3 aliphatic rings. The quantitative estimate of drug-likeness (QED) is 0.606. The van der Waals surface area contributed by atoms with E-state index in [1.54, 1.807) is 0 Å². The van der Waals surface area contributed by atoms with Gasteiger partial charge in [-0.15, -0.1) is 0 Å². The first-order valence-electron chi connectivity index (χ1n) is 8.14. The minimum absolute atomic E-state index is 0.308. The van der Waals surface area contributed by atoms with Crippen LogP contribution in [0.1, 0.15) is 5.56 Å². The van der Waals surface area contributed by atoms with Gasteiger partial charge in [-0.25, -0.2) is 0 Å². The summed E-state index contributed by atoms with van der Waals surface area (Å²) in [5.41, 5.74) is 1.34. The van der Waals surface area contributed by atoms with Crippen molar-refractivity contribution in [1.29, 1.82) is 0 Å². The summed E-state index contributed by atoms with van der Waals surface area (Å²) < 4.78 is 21.5. The first kappa shape index (κ1) is 14.5. The van der Waals surface area contributed by atoms with E-state index >= 15 is 0 Å². The van der Waals surface area contributed by atoms with Crippen molar-refractivity contribution in [2.24, 2.45) is 0 Å². The molecule has 0 saturated carbocycles. The van der Waals surface area contributed by atoms with Crippen LogP contribution in [0, 0.1) is 0 Å². The fourth-order valence-corrected chi connectivity index (χ4v) is 2.57. The predicted octanol–water partition coefficient (Wildman–Crippen LogP) is 1.11. The molecule has 0 bridgehead atoms. The van der Waals surface area contributed by atoms with Crippen LogP contribution in [0.4, 0.5) is 0 Å². The van der Waals surface area contributed by atoms with E-state index in [-0.39, 0.29) is 0 Å². The minimum atomic E-state index is 0.308.